The maximum Gasteiger partial charge on any atom is 0.274 e. The number of carbonyl (C=O) groups is 1. The molecule has 1 atom stereocenters. The van der Waals surface area contributed by atoms with Crippen LogP contribution in [0.3, 0.4) is 0 Å². The van der Waals surface area contributed by atoms with E-state index in [1.54, 1.807) is 24.3 Å². The van der Waals surface area contributed by atoms with Gasteiger partial charge in [-0.05, 0) is 55.3 Å². The van der Waals surface area contributed by atoms with Crippen molar-refractivity contribution in [3.05, 3.63) is 107 Å². The summed E-state index contributed by atoms with van der Waals surface area (Å²) in [4.78, 5) is 13.5. The van der Waals surface area contributed by atoms with Gasteiger partial charge in [-0.25, -0.2) is 13.8 Å². The lowest BCUT2D eigenvalue weighted by Gasteiger charge is -2.37. The van der Waals surface area contributed by atoms with Crippen molar-refractivity contribution in [1.82, 2.24) is 5.01 Å². The molecule has 2 N–H and O–H groups in total. The molecule has 0 saturated heterocycles. The number of rotatable bonds is 6. The number of amides is 1. The van der Waals surface area contributed by atoms with Crippen LogP contribution in [-0.2, 0) is 5.54 Å². The average Bonchev–Trinajstić information content (AvgIpc) is 3.20. The Labute approximate surface area is 180 Å². The molecule has 0 spiro atoms. The third-order valence-corrected chi connectivity index (χ3v) is 5.64. The predicted octanol–water partition coefficient (Wildman–Crippen LogP) is 4.85. The zero-order valence-electron chi connectivity index (χ0n) is 17.0. The van der Waals surface area contributed by atoms with Gasteiger partial charge >= 0.3 is 0 Å². The molecule has 4 nitrogen and oxygen atoms in total. The van der Waals surface area contributed by atoms with Crippen LogP contribution in [0.15, 0.2) is 84.0 Å². The molecule has 4 rings (SSSR count). The lowest BCUT2D eigenvalue weighted by Crippen LogP contribution is -2.44. The number of benzene rings is 3. The summed E-state index contributed by atoms with van der Waals surface area (Å²) < 4.78 is 28.5. The molecule has 1 aliphatic rings. The molecule has 31 heavy (non-hydrogen) atoms. The van der Waals surface area contributed by atoms with Crippen LogP contribution in [0.4, 0.5) is 8.78 Å². The van der Waals surface area contributed by atoms with Gasteiger partial charge in [0.1, 0.15) is 11.6 Å². The Morgan fingerprint density at radius 1 is 1.00 bits per heavy atom. The van der Waals surface area contributed by atoms with Crippen LogP contribution >= 0.6 is 0 Å². The smallest absolute Gasteiger partial charge is 0.274 e. The molecule has 0 aliphatic carbocycles. The molecule has 0 aromatic heterocycles. The number of hydrogen-bond acceptors (Lipinski definition) is 3. The quantitative estimate of drug-likeness (QED) is 0.621. The molecule has 1 amide bonds. The van der Waals surface area contributed by atoms with Crippen LogP contribution in [-0.4, -0.2) is 23.2 Å². The summed E-state index contributed by atoms with van der Waals surface area (Å²) in [5, 5.41) is 6.01. The van der Waals surface area contributed by atoms with Crippen molar-refractivity contribution < 1.29 is 13.6 Å². The monoisotopic (exact) mass is 419 g/mol. The Bertz CT molecular complexity index is 1100. The first-order chi connectivity index (χ1) is 15.0. The second kappa shape index (κ2) is 8.78. The largest absolute Gasteiger partial charge is 0.330 e. The topological polar surface area (TPSA) is 58.7 Å². The minimum atomic E-state index is -0.846. The van der Waals surface area contributed by atoms with E-state index in [1.165, 1.54) is 5.01 Å². The highest BCUT2D eigenvalue weighted by molar-refractivity contribution is 6.05. The van der Waals surface area contributed by atoms with E-state index in [1.807, 2.05) is 36.4 Å². The molecular weight excluding hydrogens is 396 g/mol. The fourth-order valence-corrected chi connectivity index (χ4v) is 4.12. The fourth-order valence-electron chi connectivity index (χ4n) is 4.12. The SMILES string of the molecule is NCCCC1(c2ccccc2)CC(c2cc(F)ccc2F)=NN1C(=O)c1ccccc1. The zero-order valence-corrected chi connectivity index (χ0v) is 17.0. The first-order valence-electron chi connectivity index (χ1n) is 10.2. The van der Waals surface area contributed by atoms with Crippen molar-refractivity contribution in [2.45, 2.75) is 24.8 Å². The number of hydrazone groups is 1. The molecule has 1 aliphatic heterocycles. The predicted molar refractivity (Wildman–Crippen MR) is 117 cm³/mol. The van der Waals surface area contributed by atoms with Crippen LogP contribution in [0.2, 0.25) is 0 Å². The van der Waals surface area contributed by atoms with Gasteiger partial charge in [-0.2, -0.15) is 5.10 Å². The molecule has 3 aromatic carbocycles. The minimum absolute atomic E-state index is 0.0661. The second-order valence-corrected chi connectivity index (χ2v) is 7.62. The van der Waals surface area contributed by atoms with Crippen molar-refractivity contribution >= 4 is 11.6 Å². The van der Waals surface area contributed by atoms with Gasteiger partial charge in [0.25, 0.3) is 5.91 Å². The molecule has 0 bridgehead atoms. The Balaban J connectivity index is 1.87. The van der Waals surface area contributed by atoms with Gasteiger partial charge in [0, 0.05) is 17.5 Å². The fraction of sp³-hybridized carbons (Fsp3) is 0.200. The first kappa shape index (κ1) is 20.9. The van der Waals surface area contributed by atoms with Gasteiger partial charge in [-0.1, -0.05) is 48.5 Å². The van der Waals surface area contributed by atoms with Crippen LogP contribution in [0, 0.1) is 11.6 Å². The molecule has 1 unspecified atom stereocenters. The van der Waals surface area contributed by atoms with Gasteiger partial charge in [0.2, 0.25) is 0 Å². The maximum absolute atomic E-state index is 14.6. The lowest BCUT2D eigenvalue weighted by molar-refractivity contribution is 0.0508. The summed E-state index contributed by atoms with van der Waals surface area (Å²) >= 11 is 0. The second-order valence-electron chi connectivity index (χ2n) is 7.62. The van der Waals surface area contributed by atoms with Gasteiger partial charge in [0.05, 0.1) is 11.3 Å². The van der Waals surface area contributed by atoms with E-state index in [0.717, 1.165) is 23.8 Å². The van der Waals surface area contributed by atoms with Crippen LogP contribution in [0.1, 0.15) is 40.7 Å². The van der Waals surface area contributed by atoms with Gasteiger partial charge in [-0.15, -0.1) is 0 Å². The molecule has 6 heteroatoms. The van der Waals surface area contributed by atoms with Crippen molar-refractivity contribution in [3.8, 4) is 0 Å². The van der Waals surface area contributed by atoms with Gasteiger partial charge in [0.15, 0.2) is 0 Å². The number of nitrogens with two attached hydrogens (primary N) is 1. The summed E-state index contributed by atoms with van der Waals surface area (Å²) in [6.45, 7) is 0.436. The highest BCUT2D eigenvalue weighted by atomic mass is 19.1. The van der Waals surface area contributed by atoms with E-state index in [4.69, 9.17) is 5.73 Å². The summed E-state index contributed by atoms with van der Waals surface area (Å²) in [5.41, 5.74) is 6.72. The van der Waals surface area contributed by atoms with E-state index in [0.29, 0.717) is 30.7 Å². The van der Waals surface area contributed by atoms with Gasteiger partial charge < -0.3 is 5.73 Å². The first-order valence-corrected chi connectivity index (χ1v) is 10.2. The Hall–Kier alpha value is -3.38. The summed E-state index contributed by atoms with van der Waals surface area (Å²) in [6.07, 6.45) is 1.44. The third kappa shape index (κ3) is 3.99. The number of halogens is 2. The Kier molecular flexibility index (Phi) is 5.91. The summed E-state index contributed by atoms with van der Waals surface area (Å²) in [7, 11) is 0. The summed E-state index contributed by atoms with van der Waals surface area (Å²) in [6, 6.07) is 21.7. The molecule has 0 fully saturated rings. The van der Waals surface area contributed by atoms with E-state index in [2.05, 4.69) is 5.10 Å². The Morgan fingerprint density at radius 3 is 2.35 bits per heavy atom. The van der Waals surface area contributed by atoms with Crippen molar-refractivity contribution in [3.63, 3.8) is 0 Å². The van der Waals surface area contributed by atoms with Crippen LogP contribution in [0.25, 0.3) is 0 Å². The highest BCUT2D eigenvalue weighted by Crippen LogP contribution is 2.43. The molecule has 0 saturated carbocycles. The molecule has 158 valence electrons. The van der Waals surface area contributed by atoms with E-state index >= 15 is 0 Å². The van der Waals surface area contributed by atoms with Crippen LogP contribution < -0.4 is 5.73 Å². The molecule has 0 radical (unpaired) electrons. The maximum atomic E-state index is 14.6. The highest BCUT2D eigenvalue weighted by Gasteiger charge is 2.47. The van der Waals surface area contributed by atoms with Gasteiger partial charge in [-0.3, -0.25) is 4.79 Å². The van der Waals surface area contributed by atoms with Crippen LogP contribution in [0.5, 0.6) is 0 Å². The van der Waals surface area contributed by atoms with E-state index in [-0.39, 0.29) is 17.9 Å². The van der Waals surface area contributed by atoms with Crippen molar-refractivity contribution in [1.29, 1.82) is 0 Å². The Morgan fingerprint density at radius 2 is 1.68 bits per heavy atom. The summed E-state index contributed by atoms with van der Waals surface area (Å²) in [5.74, 6) is -1.43. The molecular formula is C25H23F2N3O. The average molecular weight is 419 g/mol. The number of nitrogens with zero attached hydrogens (tertiary/aromatic N) is 2. The number of hydrogen-bond donors (Lipinski definition) is 1. The van der Waals surface area contributed by atoms with Crippen molar-refractivity contribution in [2.24, 2.45) is 10.8 Å². The number of carbonyl (C=O) groups excluding carboxylic acids is 1. The molecule has 1 heterocycles. The normalized spacial score (nSPS) is 18.2. The van der Waals surface area contributed by atoms with Crippen molar-refractivity contribution in [2.75, 3.05) is 6.54 Å². The minimum Gasteiger partial charge on any atom is -0.330 e. The zero-order chi connectivity index (χ0) is 21.8. The molecule has 3 aromatic rings. The van der Waals surface area contributed by atoms with E-state index in [9.17, 15) is 13.6 Å². The third-order valence-electron chi connectivity index (χ3n) is 5.64. The lowest BCUT2D eigenvalue weighted by atomic mass is 9.80. The standard InChI is InChI=1S/C25H23F2N3O/c26-20-12-13-22(27)21(16-20)23-17-25(14-7-15-28,19-10-5-2-6-11-19)30(29-23)24(31)18-8-3-1-4-9-18/h1-6,8-13,16H,7,14-15,17,28H2. The van der Waals surface area contributed by atoms with E-state index < -0.39 is 17.2 Å².